The molecule has 0 spiro atoms. The predicted molar refractivity (Wildman–Crippen MR) is 59.0 cm³/mol. The van der Waals surface area contributed by atoms with E-state index < -0.39 is 0 Å². The van der Waals surface area contributed by atoms with Crippen LogP contribution >= 0.6 is 11.6 Å². The third-order valence-electron chi connectivity index (χ3n) is 2.76. The molecule has 0 radical (unpaired) electrons. The maximum absolute atomic E-state index is 11.6. The standard InChI is InChI=1S/C12H13ClO2/c1-8-5-10(8)7-15-12(14)9-3-2-4-11(13)6-9/h2-4,6,8,10H,5,7H2,1H3. The molecule has 2 rings (SSSR count). The van der Waals surface area contributed by atoms with E-state index in [4.69, 9.17) is 16.3 Å². The molecule has 2 nitrogen and oxygen atoms in total. The van der Waals surface area contributed by atoms with Crippen molar-refractivity contribution in [3.05, 3.63) is 34.9 Å². The highest BCUT2D eigenvalue weighted by molar-refractivity contribution is 6.30. The molecule has 1 saturated carbocycles. The summed E-state index contributed by atoms with van der Waals surface area (Å²) in [5, 5.41) is 0.559. The molecule has 1 aromatic carbocycles. The Bertz CT molecular complexity index is 376. The quantitative estimate of drug-likeness (QED) is 0.738. The van der Waals surface area contributed by atoms with E-state index in [9.17, 15) is 4.79 Å². The Balaban J connectivity index is 1.90. The number of carbonyl (C=O) groups is 1. The molecule has 0 bridgehead atoms. The highest BCUT2D eigenvalue weighted by atomic mass is 35.5. The maximum atomic E-state index is 11.6. The van der Waals surface area contributed by atoms with Gasteiger partial charge in [0.15, 0.2) is 0 Å². The highest BCUT2D eigenvalue weighted by Gasteiger charge is 2.33. The van der Waals surface area contributed by atoms with Crippen LogP contribution in [0.1, 0.15) is 23.7 Å². The van der Waals surface area contributed by atoms with E-state index in [2.05, 4.69) is 6.92 Å². The molecule has 0 amide bonds. The zero-order valence-corrected chi connectivity index (χ0v) is 9.33. The first kappa shape index (κ1) is 10.5. The second-order valence-electron chi connectivity index (χ2n) is 4.08. The van der Waals surface area contributed by atoms with E-state index in [0.29, 0.717) is 29.0 Å². The first-order valence-corrected chi connectivity index (χ1v) is 5.47. The number of esters is 1. The first-order chi connectivity index (χ1) is 7.16. The molecule has 3 heteroatoms. The average Bonchev–Trinajstić information content (AvgIpc) is 2.91. The Morgan fingerprint density at radius 3 is 2.93 bits per heavy atom. The van der Waals surface area contributed by atoms with E-state index in [1.807, 2.05) is 0 Å². The predicted octanol–water partition coefficient (Wildman–Crippen LogP) is 3.15. The topological polar surface area (TPSA) is 26.3 Å². The summed E-state index contributed by atoms with van der Waals surface area (Å²) in [4.78, 5) is 11.6. The van der Waals surface area contributed by atoms with Crippen molar-refractivity contribution in [2.75, 3.05) is 6.61 Å². The smallest absolute Gasteiger partial charge is 0.338 e. The van der Waals surface area contributed by atoms with Crippen LogP contribution in [0.3, 0.4) is 0 Å². The van der Waals surface area contributed by atoms with Crippen LogP contribution in [0.5, 0.6) is 0 Å². The number of ether oxygens (including phenoxy) is 1. The van der Waals surface area contributed by atoms with Crippen LogP contribution in [-0.2, 0) is 4.74 Å². The normalized spacial score (nSPS) is 23.6. The molecule has 15 heavy (non-hydrogen) atoms. The zero-order chi connectivity index (χ0) is 10.8. The molecular formula is C12H13ClO2. The maximum Gasteiger partial charge on any atom is 0.338 e. The van der Waals surface area contributed by atoms with Crippen molar-refractivity contribution in [1.82, 2.24) is 0 Å². The second-order valence-corrected chi connectivity index (χ2v) is 4.52. The van der Waals surface area contributed by atoms with Crippen LogP contribution in [0.2, 0.25) is 5.02 Å². The summed E-state index contributed by atoms with van der Waals surface area (Å²) in [7, 11) is 0. The first-order valence-electron chi connectivity index (χ1n) is 5.09. The largest absolute Gasteiger partial charge is 0.462 e. The number of carbonyl (C=O) groups excluding carboxylic acids is 1. The molecule has 1 aromatic rings. The minimum absolute atomic E-state index is 0.281. The fourth-order valence-corrected chi connectivity index (χ4v) is 1.70. The third-order valence-corrected chi connectivity index (χ3v) is 3.00. The Hall–Kier alpha value is -1.02. The number of halogens is 1. The van der Waals surface area contributed by atoms with Crippen LogP contribution in [0, 0.1) is 11.8 Å². The van der Waals surface area contributed by atoms with Crippen LogP contribution in [-0.4, -0.2) is 12.6 Å². The van der Waals surface area contributed by atoms with E-state index >= 15 is 0 Å². The molecule has 1 aliphatic carbocycles. The minimum atomic E-state index is -0.281. The number of benzene rings is 1. The van der Waals surface area contributed by atoms with Gasteiger partial charge in [0.05, 0.1) is 12.2 Å². The molecule has 0 heterocycles. The molecule has 0 aliphatic heterocycles. The fourth-order valence-electron chi connectivity index (χ4n) is 1.51. The summed E-state index contributed by atoms with van der Waals surface area (Å²) in [6, 6.07) is 6.82. The van der Waals surface area contributed by atoms with Gasteiger partial charge >= 0.3 is 5.97 Å². The van der Waals surface area contributed by atoms with Crippen molar-refractivity contribution in [2.24, 2.45) is 11.8 Å². The van der Waals surface area contributed by atoms with E-state index in [0.717, 1.165) is 0 Å². The van der Waals surface area contributed by atoms with Gasteiger partial charge in [-0.05, 0) is 36.5 Å². The Morgan fingerprint density at radius 1 is 1.60 bits per heavy atom. The lowest BCUT2D eigenvalue weighted by atomic mass is 10.2. The van der Waals surface area contributed by atoms with Gasteiger partial charge in [-0.2, -0.15) is 0 Å². The molecule has 2 atom stereocenters. The van der Waals surface area contributed by atoms with E-state index in [1.165, 1.54) is 6.42 Å². The number of rotatable bonds is 3. The summed E-state index contributed by atoms with van der Waals surface area (Å²) in [5.41, 5.74) is 0.524. The van der Waals surface area contributed by atoms with Crippen LogP contribution in [0.25, 0.3) is 0 Å². The number of hydrogen-bond donors (Lipinski definition) is 0. The van der Waals surface area contributed by atoms with Gasteiger partial charge < -0.3 is 4.74 Å². The summed E-state index contributed by atoms with van der Waals surface area (Å²) in [6.45, 7) is 2.70. The monoisotopic (exact) mass is 224 g/mol. The molecule has 0 saturated heterocycles. The van der Waals surface area contributed by atoms with Crippen molar-refractivity contribution in [3.63, 3.8) is 0 Å². The second kappa shape index (κ2) is 4.23. The van der Waals surface area contributed by atoms with Gasteiger partial charge in [0.25, 0.3) is 0 Å². The van der Waals surface area contributed by atoms with Gasteiger partial charge in [0.1, 0.15) is 0 Å². The zero-order valence-electron chi connectivity index (χ0n) is 8.57. The summed E-state index contributed by atoms with van der Waals surface area (Å²) >= 11 is 5.78. The molecular weight excluding hydrogens is 212 g/mol. The lowest BCUT2D eigenvalue weighted by molar-refractivity contribution is 0.0481. The average molecular weight is 225 g/mol. The number of hydrogen-bond acceptors (Lipinski definition) is 2. The van der Waals surface area contributed by atoms with Gasteiger partial charge in [-0.1, -0.05) is 24.6 Å². The SMILES string of the molecule is CC1CC1COC(=O)c1cccc(Cl)c1. The fraction of sp³-hybridized carbons (Fsp3) is 0.417. The van der Waals surface area contributed by atoms with Crippen molar-refractivity contribution in [1.29, 1.82) is 0 Å². The van der Waals surface area contributed by atoms with Crippen molar-refractivity contribution in [3.8, 4) is 0 Å². The van der Waals surface area contributed by atoms with Crippen molar-refractivity contribution >= 4 is 17.6 Å². The summed E-state index contributed by atoms with van der Waals surface area (Å²) in [6.07, 6.45) is 1.17. The van der Waals surface area contributed by atoms with Crippen LogP contribution < -0.4 is 0 Å². The molecule has 1 aliphatic rings. The van der Waals surface area contributed by atoms with Crippen LogP contribution in [0.15, 0.2) is 24.3 Å². The molecule has 1 fully saturated rings. The Labute approximate surface area is 94.2 Å². The lowest BCUT2D eigenvalue weighted by Crippen LogP contribution is -2.07. The van der Waals surface area contributed by atoms with E-state index in [1.54, 1.807) is 24.3 Å². The Kier molecular flexibility index (Phi) is 2.96. The highest BCUT2D eigenvalue weighted by Crippen LogP contribution is 2.37. The lowest BCUT2D eigenvalue weighted by Gasteiger charge is -2.03. The van der Waals surface area contributed by atoms with Gasteiger partial charge in [0, 0.05) is 5.02 Å². The summed E-state index contributed by atoms with van der Waals surface area (Å²) < 4.78 is 5.18. The van der Waals surface area contributed by atoms with Gasteiger partial charge in [-0.15, -0.1) is 0 Å². The third kappa shape index (κ3) is 2.72. The molecule has 2 unspecified atom stereocenters. The van der Waals surface area contributed by atoms with Gasteiger partial charge in [-0.25, -0.2) is 4.79 Å². The van der Waals surface area contributed by atoms with Gasteiger partial charge in [-0.3, -0.25) is 0 Å². The minimum Gasteiger partial charge on any atom is -0.462 e. The van der Waals surface area contributed by atoms with Crippen molar-refractivity contribution < 1.29 is 9.53 Å². The molecule has 0 aromatic heterocycles. The van der Waals surface area contributed by atoms with Gasteiger partial charge in [0.2, 0.25) is 0 Å². The summed E-state index contributed by atoms with van der Waals surface area (Å²) in [5.74, 6) is 0.988. The molecule has 0 N–H and O–H groups in total. The molecule has 80 valence electrons. The Morgan fingerprint density at radius 2 is 2.33 bits per heavy atom. The van der Waals surface area contributed by atoms with Crippen LogP contribution in [0.4, 0.5) is 0 Å². The van der Waals surface area contributed by atoms with E-state index in [-0.39, 0.29) is 5.97 Å². The van der Waals surface area contributed by atoms with Crippen molar-refractivity contribution in [2.45, 2.75) is 13.3 Å².